The zero-order chi connectivity index (χ0) is 7.72. The molecule has 0 atom stereocenters. The molecule has 0 saturated carbocycles. The van der Waals surface area contributed by atoms with Crippen LogP contribution >= 0.6 is 34.8 Å². The Labute approximate surface area is 77.5 Å². The highest BCUT2D eigenvalue weighted by Gasteiger charge is 2.02. The maximum atomic E-state index is 5.80. The van der Waals surface area contributed by atoms with Crippen LogP contribution in [-0.4, -0.2) is 10.2 Å². The first-order chi connectivity index (χ1) is 4.63. The van der Waals surface area contributed by atoms with Crippen LogP contribution in [0, 0.1) is 0 Å². The Morgan fingerprint density at radius 3 is 2.00 bits per heavy atom. The van der Waals surface area contributed by atoms with E-state index < -0.39 is 0 Å². The predicted octanol–water partition coefficient (Wildman–Crippen LogP) is 1.64. The molecule has 54 valence electrons. The van der Waals surface area contributed by atoms with Crippen LogP contribution in [0.25, 0.3) is 0 Å². The fraction of sp³-hybridized carbons (Fsp3) is 0. The lowest BCUT2D eigenvalue weighted by atomic mass is 10.3. The molecule has 4 heteroatoms. The van der Waals surface area contributed by atoms with Crippen LogP contribution in [0.2, 0.25) is 15.1 Å². The molecule has 1 aromatic carbocycles. The third-order valence-electron chi connectivity index (χ3n) is 1.27. The van der Waals surface area contributed by atoms with Gasteiger partial charge in [0, 0.05) is 15.3 Å². The lowest BCUT2D eigenvalue weighted by molar-refractivity contribution is 1.76. The number of hydrogen-bond acceptors (Lipinski definition) is 0. The van der Waals surface area contributed by atoms with E-state index in [1.165, 1.54) is 0 Å². The predicted molar refractivity (Wildman–Crippen MR) is 51.0 cm³/mol. The minimum Gasteiger partial charge on any atom is -0.0845 e. The van der Waals surface area contributed by atoms with Crippen molar-refractivity contribution in [1.82, 2.24) is 0 Å². The molecule has 0 N–H and O–H groups in total. The van der Waals surface area contributed by atoms with E-state index in [2.05, 4.69) is 0 Å². The molecule has 0 saturated heterocycles. The quantitative estimate of drug-likeness (QED) is 0.452. The first-order valence-corrected chi connectivity index (χ1v) is 4.86. The van der Waals surface area contributed by atoms with Gasteiger partial charge < -0.3 is 0 Å². The van der Waals surface area contributed by atoms with Gasteiger partial charge in [-0.05, 0) is 17.3 Å². The molecule has 0 aliphatic heterocycles. The highest BCUT2D eigenvalue weighted by molar-refractivity contribution is 6.54. The van der Waals surface area contributed by atoms with Gasteiger partial charge in [-0.15, -0.1) is 0 Å². The van der Waals surface area contributed by atoms with Crippen molar-refractivity contribution in [2.75, 3.05) is 0 Å². The molecule has 0 nitrogen and oxygen atoms in total. The molecule has 0 unspecified atom stereocenters. The van der Waals surface area contributed by atoms with Crippen molar-refractivity contribution in [3.63, 3.8) is 0 Å². The van der Waals surface area contributed by atoms with E-state index >= 15 is 0 Å². The van der Waals surface area contributed by atoms with Crippen molar-refractivity contribution in [2.45, 2.75) is 0 Å². The summed E-state index contributed by atoms with van der Waals surface area (Å²) in [6.07, 6.45) is 0. The lowest BCUT2D eigenvalue weighted by Gasteiger charge is -2.00. The van der Waals surface area contributed by atoms with Gasteiger partial charge in [-0.1, -0.05) is 34.8 Å². The molecular weight excluding hydrogens is 207 g/mol. The van der Waals surface area contributed by atoms with E-state index in [-0.39, 0.29) is 0 Å². The number of hydrogen-bond donors (Lipinski definition) is 0. The van der Waals surface area contributed by atoms with Crippen LogP contribution < -0.4 is 5.19 Å². The Balaban J connectivity index is 3.34. The summed E-state index contributed by atoms with van der Waals surface area (Å²) in [5.74, 6) is 0. The van der Waals surface area contributed by atoms with Gasteiger partial charge in [0.2, 0.25) is 0 Å². The van der Waals surface area contributed by atoms with E-state index in [4.69, 9.17) is 34.8 Å². The molecule has 0 aliphatic carbocycles. The van der Waals surface area contributed by atoms with Crippen molar-refractivity contribution in [3.8, 4) is 0 Å². The lowest BCUT2D eigenvalue weighted by Crippen LogP contribution is -2.05. The maximum Gasteiger partial charge on any atom is 0.0591 e. The average molecular weight is 212 g/mol. The van der Waals surface area contributed by atoms with Crippen molar-refractivity contribution < 1.29 is 0 Å². The molecule has 1 aromatic rings. The van der Waals surface area contributed by atoms with Gasteiger partial charge in [-0.2, -0.15) is 0 Å². The Morgan fingerprint density at radius 1 is 1.00 bits per heavy atom. The first-order valence-electron chi connectivity index (χ1n) is 2.73. The van der Waals surface area contributed by atoms with Gasteiger partial charge >= 0.3 is 0 Å². The van der Waals surface area contributed by atoms with Crippen LogP contribution in [0.4, 0.5) is 0 Å². The normalized spacial score (nSPS) is 10.3. The molecule has 0 amide bonds. The molecule has 0 aliphatic rings. The maximum absolute atomic E-state index is 5.80. The SMILES string of the molecule is [SiH3]c1c(Cl)ccc(Cl)c1Cl. The minimum atomic E-state index is 0.580. The van der Waals surface area contributed by atoms with Gasteiger partial charge in [0.1, 0.15) is 0 Å². The van der Waals surface area contributed by atoms with Crippen molar-refractivity contribution >= 4 is 50.2 Å². The Kier molecular flexibility index (Phi) is 2.64. The molecule has 0 radical (unpaired) electrons. The van der Waals surface area contributed by atoms with Crippen LogP contribution in [0.15, 0.2) is 12.1 Å². The monoisotopic (exact) mass is 210 g/mol. The molecule has 10 heavy (non-hydrogen) atoms. The third kappa shape index (κ3) is 1.48. The van der Waals surface area contributed by atoms with Crippen LogP contribution in [0.5, 0.6) is 0 Å². The highest BCUT2D eigenvalue weighted by Crippen LogP contribution is 2.21. The fourth-order valence-electron chi connectivity index (χ4n) is 0.628. The smallest absolute Gasteiger partial charge is 0.0591 e. The summed E-state index contributed by atoms with van der Waals surface area (Å²) < 4.78 is 0. The molecule has 0 spiro atoms. The second-order valence-corrected chi connectivity index (χ2v) is 4.16. The standard InChI is InChI=1S/C6H5Cl3Si/c7-3-1-2-4(8)6(10)5(3)9/h1-2H,10H3. The second kappa shape index (κ2) is 3.14. The van der Waals surface area contributed by atoms with E-state index in [1.807, 2.05) is 0 Å². The Bertz CT molecular complexity index is 232. The van der Waals surface area contributed by atoms with Crippen molar-refractivity contribution in [3.05, 3.63) is 27.2 Å². The highest BCUT2D eigenvalue weighted by atomic mass is 35.5. The molecular formula is C6H5Cl3Si. The number of benzene rings is 1. The van der Waals surface area contributed by atoms with Gasteiger partial charge in [0.05, 0.1) is 10.0 Å². The van der Waals surface area contributed by atoms with Gasteiger partial charge in [-0.3, -0.25) is 0 Å². The summed E-state index contributed by atoms with van der Waals surface area (Å²) in [5.41, 5.74) is 0. The van der Waals surface area contributed by atoms with Crippen molar-refractivity contribution in [1.29, 1.82) is 0 Å². The molecule has 0 heterocycles. The topological polar surface area (TPSA) is 0 Å². The van der Waals surface area contributed by atoms with Crippen LogP contribution in [0.3, 0.4) is 0 Å². The number of halogens is 3. The summed E-state index contributed by atoms with van der Waals surface area (Å²) in [7, 11) is 0.829. The molecule has 0 bridgehead atoms. The Hall–Kier alpha value is 0.307. The van der Waals surface area contributed by atoms with Gasteiger partial charge in [-0.25, -0.2) is 0 Å². The molecule has 0 aromatic heterocycles. The summed E-state index contributed by atoms with van der Waals surface area (Å²) >= 11 is 17.3. The molecule has 0 fully saturated rings. The summed E-state index contributed by atoms with van der Waals surface area (Å²) in [4.78, 5) is 0. The van der Waals surface area contributed by atoms with E-state index in [1.54, 1.807) is 12.1 Å². The Morgan fingerprint density at radius 2 is 1.50 bits per heavy atom. The third-order valence-corrected chi connectivity index (χ3v) is 4.25. The summed E-state index contributed by atoms with van der Waals surface area (Å²) in [6, 6.07) is 3.46. The number of rotatable bonds is 0. The average Bonchev–Trinajstić information content (AvgIpc) is 1.93. The fourth-order valence-corrected chi connectivity index (χ4v) is 1.80. The van der Waals surface area contributed by atoms with Crippen molar-refractivity contribution in [2.24, 2.45) is 0 Å². The molecule has 1 rings (SSSR count). The summed E-state index contributed by atoms with van der Waals surface area (Å²) in [5, 5.41) is 2.86. The van der Waals surface area contributed by atoms with E-state index in [0.29, 0.717) is 15.1 Å². The van der Waals surface area contributed by atoms with E-state index in [0.717, 1.165) is 15.4 Å². The van der Waals surface area contributed by atoms with Gasteiger partial charge in [0.15, 0.2) is 0 Å². The van der Waals surface area contributed by atoms with Crippen LogP contribution in [0.1, 0.15) is 0 Å². The first kappa shape index (κ1) is 8.40. The second-order valence-electron chi connectivity index (χ2n) is 1.97. The minimum absolute atomic E-state index is 0.580. The van der Waals surface area contributed by atoms with E-state index in [9.17, 15) is 0 Å². The van der Waals surface area contributed by atoms with Crippen LogP contribution in [-0.2, 0) is 0 Å². The zero-order valence-electron chi connectivity index (χ0n) is 5.29. The van der Waals surface area contributed by atoms with Gasteiger partial charge in [0.25, 0.3) is 0 Å². The zero-order valence-corrected chi connectivity index (χ0v) is 9.56. The summed E-state index contributed by atoms with van der Waals surface area (Å²) in [6.45, 7) is 0. The largest absolute Gasteiger partial charge is 0.0845 e.